The van der Waals surface area contributed by atoms with Gasteiger partial charge in [0.2, 0.25) is 0 Å². The van der Waals surface area contributed by atoms with Crippen LogP contribution in [-0.2, 0) is 0 Å². The van der Waals surface area contributed by atoms with Crippen molar-refractivity contribution in [3.05, 3.63) is 34.3 Å². The van der Waals surface area contributed by atoms with E-state index in [0.717, 1.165) is 4.47 Å². The Kier molecular flexibility index (Phi) is 2.79. The van der Waals surface area contributed by atoms with Crippen molar-refractivity contribution in [1.29, 1.82) is 0 Å². The fourth-order valence-corrected chi connectivity index (χ4v) is 2.09. The molecule has 0 radical (unpaired) electrons. The van der Waals surface area contributed by atoms with Crippen LogP contribution in [0.1, 0.15) is 18.4 Å². The maximum absolute atomic E-state index is 3.47. The first kappa shape index (κ1) is 8.95. The van der Waals surface area contributed by atoms with Crippen molar-refractivity contribution in [3.63, 3.8) is 0 Å². The summed E-state index contributed by atoms with van der Waals surface area (Å²) in [5, 5.41) is 0. The third-order valence-electron chi connectivity index (χ3n) is 2.32. The highest BCUT2D eigenvalue weighted by molar-refractivity contribution is 9.10. The lowest BCUT2D eigenvalue weighted by atomic mass is 10.2. The Bertz CT molecular complexity index is 323. The maximum Gasteiger partial charge on any atom is 0.170 e. The molecule has 1 nitrogen and oxygen atoms in total. The molecule has 0 spiro atoms. The zero-order valence-corrected chi connectivity index (χ0v) is 9.13. The Hall–Kier alpha value is -0.630. The van der Waals surface area contributed by atoms with Gasteiger partial charge in [-0.05, 0) is 18.2 Å². The number of rotatable bonds is 1. The van der Waals surface area contributed by atoms with Gasteiger partial charge in [0.15, 0.2) is 6.21 Å². The van der Waals surface area contributed by atoms with Crippen LogP contribution in [0.3, 0.4) is 0 Å². The standard InChI is InChI=1S/C11H13BrN/c12-11-5-3-4-10(8-11)9-13-6-1-2-7-13/h3-5,8-9H,1-2,6-7H2/q+1. The van der Waals surface area contributed by atoms with Crippen molar-refractivity contribution in [2.24, 2.45) is 0 Å². The van der Waals surface area contributed by atoms with Crippen LogP contribution in [0.25, 0.3) is 0 Å². The molecular weight excluding hydrogens is 226 g/mol. The van der Waals surface area contributed by atoms with Gasteiger partial charge in [-0.2, -0.15) is 0 Å². The lowest BCUT2D eigenvalue weighted by Crippen LogP contribution is -2.07. The van der Waals surface area contributed by atoms with Crippen molar-refractivity contribution in [2.45, 2.75) is 12.8 Å². The van der Waals surface area contributed by atoms with Crippen LogP contribution < -0.4 is 0 Å². The predicted octanol–water partition coefficient (Wildman–Crippen LogP) is 2.67. The Labute approximate surface area is 87.2 Å². The van der Waals surface area contributed by atoms with E-state index in [4.69, 9.17) is 0 Å². The second-order valence-corrected chi connectivity index (χ2v) is 4.34. The zero-order chi connectivity index (χ0) is 9.10. The van der Waals surface area contributed by atoms with Crippen molar-refractivity contribution >= 4 is 22.1 Å². The first-order chi connectivity index (χ1) is 6.34. The van der Waals surface area contributed by atoms with Gasteiger partial charge in [0.25, 0.3) is 0 Å². The monoisotopic (exact) mass is 238 g/mol. The van der Waals surface area contributed by atoms with E-state index >= 15 is 0 Å². The minimum absolute atomic E-state index is 1.15. The molecule has 2 rings (SSSR count). The molecule has 0 aliphatic carbocycles. The topological polar surface area (TPSA) is 3.01 Å². The Morgan fingerprint density at radius 1 is 1.23 bits per heavy atom. The average molecular weight is 239 g/mol. The summed E-state index contributed by atoms with van der Waals surface area (Å²) >= 11 is 3.47. The largest absolute Gasteiger partial charge is 0.236 e. The molecule has 1 heterocycles. The second kappa shape index (κ2) is 4.05. The van der Waals surface area contributed by atoms with Gasteiger partial charge in [-0.1, -0.05) is 22.0 Å². The van der Waals surface area contributed by atoms with Crippen LogP contribution >= 0.6 is 15.9 Å². The molecule has 1 aromatic carbocycles. The summed E-state index contributed by atoms with van der Waals surface area (Å²) in [5.74, 6) is 0. The van der Waals surface area contributed by atoms with E-state index in [1.54, 1.807) is 0 Å². The molecule has 1 aromatic rings. The molecule has 0 saturated carbocycles. The summed E-state index contributed by atoms with van der Waals surface area (Å²) in [5.41, 5.74) is 1.29. The van der Waals surface area contributed by atoms with Gasteiger partial charge in [0, 0.05) is 22.9 Å². The Morgan fingerprint density at radius 3 is 2.69 bits per heavy atom. The molecule has 0 atom stereocenters. The summed E-state index contributed by atoms with van der Waals surface area (Å²) in [6.45, 7) is 2.43. The van der Waals surface area contributed by atoms with Crippen molar-refractivity contribution in [2.75, 3.05) is 13.1 Å². The lowest BCUT2D eigenvalue weighted by molar-refractivity contribution is -0.500. The summed E-state index contributed by atoms with van der Waals surface area (Å²) in [7, 11) is 0. The third kappa shape index (κ3) is 2.41. The van der Waals surface area contributed by atoms with Crippen LogP contribution in [0.5, 0.6) is 0 Å². The number of nitrogens with zero attached hydrogens (tertiary/aromatic N) is 1. The number of benzene rings is 1. The summed E-state index contributed by atoms with van der Waals surface area (Å²) in [6, 6.07) is 8.43. The van der Waals surface area contributed by atoms with E-state index in [0.29, 0.717) is 0 Å². The minimum Gasteiger partial charge on any atom is -0.236 e. The first-order valence-corrected chi connectivity index (χ1v) is 5.48. The normalized spacial score (nSPS) is 16.2. The van der Waals surface area contributed by atoms with Gasteiger partial charge in [-0.3, -0.25) is 0 Å². The van der Waals surface area contributed by atoms with Crippen molar-refractivity contribution < 1.29 is 4.58 Å². The van der Waals surface area contributed by atoms with Crippen LogP contribution in [0, 0.1) is 0 Å². The van der Waals surface area contributed by atoms with E-state index in [-0.39, 0.29) is 0 Å². The van der Waals surface area contributed by atoms with E-state index < -0.39 is 0 Å². The summed E-state index contributed by atoms with van der Waals surface area (Å²) in [6.07, 6.45) is 4.92. The minimum atomic E-state index is 1.15. The van der Waals surface area contributed by atoms with E-state index in [1.165, 1.54) is 31.5 Å². The van der Waals surface area contributed by atoms with Gasteiger partial charge in [0.05, 0.1) is 0 Å². The van der Waals surface area contributed by atoms with E-state index in [1.807, 2.05) is 0 Å². The predicted molar refractivity (Wildman–Crippen MR) is 58.5 cm³/mol. The Morgan fingerprint density at radius 2 is 2.00 bits per heavy atom. The first-order valence-electron chi connectivity index (χ1n) is 4.69. The molecule has 0 unspecified atom stereocenters. The van der Waals surface area contributed by atoms with Crippen LogP contribution in [0.2, 0.25) is 0 Å². The van der Waals surface area contributed by atoms with E-state index in [9.17, 15) is 0 Å². The molecule has 0 N–H and O–H groups in total. The smallest absolute Gasteiger partial charge is 0.170 e. The molecule has 0 amide bonds. The number of halogens is 1. The molecule has 1 aliphatic heterocycles. The molecule has 1 aliphatic rings. The van der Waals surface area contributed by atoms with Crippen molar-refractivity contribution in [1.82, 2.24) is 0 Å². The lowest BCUT2D eigenvalue weighted by Gasteiger charge is -1.94. The van der Waals surface area contributed by atoms with Crippen LogP contribution in [0.4, 0.5) is 0 Å². The van der Waals surface area contributed by atoms with Gasteiger partial charge in [-0.25, -0.2) is 4.58 Å². The number of hydrogen-bond donors (Lipinski definition) is 0. The molecule has 68 valence electrons. The second-order valence-electron chi connectivity index (χ2n) is 3.43. The van der Waals surface area contributed by atoms with Gasteiger partial charge < -0.3 is 0 Å². The number of hydrogen-bond acceptors (Lipinski definition) is 0. The van der Waals surface area contributed by atoms with E-state index in [2.05, 4.69) is 51.0 Å². The zero-order valence-electron chi connectivity index (χ0n) is 7.54. The van der Waals surface area contributed by atoms with Crippen LogP contribution in [0.15, 0.2) is 28.7 Å². The molecule has 13 heavy (non-hydrogen) atoms. The van der Waals surface area contributed by atoms with Gasteiger partial charge in [0.1, 0.15) is 13.1 Å². The quantitative estimate of drug-likeness (QED) is 0.663. The Balaban J connectivity index is 2.21. The highest BCUT2D eigenvalue weighted by atomic mass is 79.9. The fourth-order valence-electron chi connectivity index (χ4n) is 1.67. The van der Waals surface area contributed by atoms with Gasteiger partial charge >= 0.3 is 0 Å². The summed E-state index contributed by atoms with van der Waals surface area (Å²) < 4.78 is 3.54. The third-order valence-corrected chi connectivity index (χ3v) is 2.81. The molecular formula is C11H13BrN+. The molecule has 1 fully saturated rings. The molecule has 1 saturated heterocycles. The van der Waals surface area contributed by atoms with Crippen LogP contribution in [-0.4, -0.2) is 23.9 Å². The van der Waals surface area contributed by atoms with Crippen molar-refractivity contribution in [3.8, 4) is 0 Å². The fraction of sp³-hybridized carbons (Fsp3) is 0.364. The highest BCUT2D eigenvalue weighted by Gasteiger charge is 2.11. The SMILES string of the molecule is Brc1cccc(C=[N+]2CCCC2)c1. The molecule has 0 aromatic heterocycles. The molecule has 0 bridgehead atoms. The summed E-state index contributed by atoms with van der Waals surface area (Å²) in [4.78, 5) is 0. The highest BCUT2D eigenvalue weighted by Crippen LogP contribution is 2.10. The average Bonchev–Trinajstić information content (AvgIpc) is 2.57. The maximum atomic E-state index is 3.47. The van der Waals surface area contributed by atoms with Gasteiger partial charge in [-0.15, -0.1) is 0 Å². The molecule has 2 heteroatoms.